The summed E-state index contributed by atoms with van der Waals surface area (Å²) in [7, 11) is 4.45. The van der Waals surface area contributed by atoms with Crippen LogP contribution in [0.25, 0.3) is 16.7 Å². The zero-order valence-electron chi connectivity index (χ0n) is 22.8. The van der Waals surface area contributed by atoms with E-state index in [0.29, 0.717) is 0 Å². The molecule has 2 aromatic carbocycles. The average Bonchev–Trinajstić information content (AvgIpc) is 2.90. The Kier molecular flexibility index (Phi) is 12.2. The van der Waals surface area contributed by atoms with E-state index >= 15 is 0 Å². The first-order valence-electron chi connectivity index (χ1n) is 14.5. The van der Waals surface area contributed by atoms with E-state index in [4.69, 9.17) is 0 Å². The van der Waals surface area contributed by atoms with E-state index in [1.54, 1.807) is 0 Å². The first-order valence-corrected chi connectivity index (χ1v) is 14.5. The van der Waals surface area contributed by atoms with Crippen LogP contribution in [0.1, 0.15) is 125 Å². The fraction of sp³-hybridized carbons (Fsp3) is 0.457. The van der Waals surface area contributed by atoms with E-state index in [1.807, 2.05) is 0 Å². The van der Waals surface area contributed by atoms with Gasteiger partial charge in [0, 0.05) is 0 Å². The van der Waals surface area contributed by atoms with Crippen LogP contribution in [0.4, 0.5) is 0 Å². The molecule has 0 radical (unpaired) electrons. The maximum atomic E-state index is 4.45. The molecular weight excluding hydrogens is 431 g/mol. The van der Waals surface area contributed by atoms with Crippen LogP contribution in [-0.2, 0) is 0 Å². The molecule has 0 unspecified atom stereocenters. The van der Waals surface area contributed by atoms with Crippen molar-refractivity contribution in [2.45, 2.75) is 103 Å². The molecule has 0 aliphatic heterocycles. The van der Waals surface area contributed by atoms with Gasteiger partial charge in [0.2, 0.25) is 0 Å². The molecule has 1 heteroatoms. The number of hydrogen-bond donors (Lipinski definition) is 0. The van der Waals surface area contributed by atoms with Crippen molar-refractivity contribution in [3.05, 3.63) is 90.5 Å². The van der Waals surface area contributed by atoms with Crippen molar-refractivity contribution in [2.24, 2.45) is 0 Å². The normalized spacial score (nSPS) is 18.6. The van der Waals surface area contributed by atoms with Gasteiger partial charge in [-0.3, -0.25) is 0 Å². The van der Waals surface area contributed by atoms with Gasteiger partial charge >= 0.3 is 193 Å². The predicted molar refractivity (Wildman–Crippen MR) is 165 cm³/mol. The molecule has 0 N–H and O–H groups in total. The molecule has 1 aliphatic carbocycles. The second kappa shape index (κ2) is 15.7. The van der Waals surface area contributed by atoms with Crippen LogP contribution in [0.3, 0.4) is 0 Å². The maximum absolute atomic E-state index is 4.45. The fourth-order valence-electron chi connectivity index (χ4n) is 5.51. The van der Waals surface area contributed by atoms with Crippen LogP contribution in [0, 0.1) is 0 Å². The Hall–Kier alpha value is -2.41. The van der Waals surface area contributed by atoms with Crippen molar-refractivity contribution in [1.82, 2.24) is 0 Å². The molecule has 36 heavy (non-hydrogen) atoms. The van der Waals surface area contributed by atoms with Gasteiger partial charge in [-0.15, -0.1) is 0 Å². The summed E-state index contributed by atoms with van der Waals surface area (Å²) in [5.74, 6) is 0. The summed E-state index contributed by atoms with van der Waals surface area (Å²) in [6.45, 7) is 13.4. The van der Waals surface area contributed by atoms with Crippen molar-refractivity contribution >= 4 is 29.7 Å². The SMILES string of the molecule is B=C1CCCCCCCCC(=C)c2ccccc2C(=C)CCCCCCCCC(=C)c2ccccc21. The molecule has 2 aromatic rings. The van der Waals surface area contributed by atoms with E-state index < -0.39 is 0 Å². The molecule has 0 nitrogen and oxygen atoms in total. The molecule has 0 amide bonds. The van der Waals surface area contributed by atoms with Crippen molar-refractivity contribution < 1.29 is 0 Å². The molecular formula is C35H47B. The van der Waals surface area contributed by atoms with Gasteiger partial charge in [0.25, 0.3) is 0 Å². The second-order valence-electron chi connectivity index (χ2n) is 10.7. The van der Waals surface area contributed by atoms with Crippen LogP contribution in [0.2, 0.25) is 0 Å². The number of benzene rings is 2. The topological polar surface area (TPSA) is 0 Å². The average molecular weight is 479 g/mol. The van der Waals surface area contributed by atoms with Crippen molar-refractivity contribution in [3.8, 4) is 0 Å². The van der Waals surface area contributed by atoms with Gasteiger partial charge in [-0.05, 0) is 5.57 Å². The molecule has 0 saturated heterocycles. The fourth-order valence-corrected chi connectivity index (χ4v) is 5.51. The van der Waals surface area contributed by atoms with Crippen molar-refractivity contribution in [2.75, 3.05) is 0 Å². The minimum atomic E-state index is 1.09. The summed E-state index contributed by atoms with van der Waals surface area (Å²) in [6.07, 6.45) is 19.6. The first kappa shape index (κ1) is 28.2. The van der Waals surface area contributed by atoms with Gasteiger partial charge in [0.1, 0.15) is 0 Å². The number of allylic oxidation sites excluding steroid dienone is 3. The molecule has 0 saturated carbocycles. The number of rotatable bonds is 0. The Morgan fingerprint density at radius 1 is 0.389 bits per heavy atom. The summed E-state index contributed by atoms with van der Waals surface area (Å²) in [6, 6.07) is 17.6. The van der Waals surface area contributed by atoms with E-state index in [2.05, 4.69) is 75.8 Å². The molecule has 190 valence electrons. The Labute approximate surface area is 222 Å². The third-order valence-electron chi connectivity index (χ3n) is 7.79. The van der Waals surface area contributed by atoms with Gasteiger partial charge in [-0.25, -0.2) is 0 Å². The van der Waals surface area contributed by atoms with Crippen LogP contribution in [0.15, 0.2) is 68.3 Å². The third kappa shape index (κ3) is 8.92. The van der Waals surface area contributed by atoms with E-state index in [-0.39, 0.29) is 0 Å². The minimum absolute atomic E-state index is 1.09. The Morgan fingerprint density at radius 3 is 1.06 bits per heavy atom. The molecule has 0 heterocycles. The van der Waals surface area contributed by atoms with Crippen LogP contribution in [-0.4, -0.2) is 13.0 Å². The Bertz CT molecular complexity index is 859. The summed E-state index contributed by atoms with van der Waals surface area (Å²) >= 11 is 0. The summed E-state index contributed by atoms with van der Waals surface area (Å²) in [5.41, 5.74) is 10.4. The van der Waals surface area contributed by atoms with E-state index in [0.717, 1.165) is 25.7 Å². The zero-order chi connectivity index (χ0) is 25.6. The Balaban J connectivity index is 1.59. The van der Waals surface area contributed by atoms with Crippen LogP contribution in [0.5, 0.6) is 0 Å². The van der Waals surface area contributed by atoms with Crippen LogP contribution >= 0.6 is 0 Å². The van der Waals surface area contributed by atoms with Gasteiger partial charge in [0.05, 0.1) is 0 Å². The molecule has 0 fully saturated rings. The van der Waals surface area contributed by atoms with E-state index in [9.17, 15) is 0 Å². The van der Waals surface area contributed by atoms with Crippen molar-refractivity contribution in [3.63, 3.8) is 0 Å². The number of fused-ring (bicyclic) bond motifs is 2. The monoisotopic (exact) mass is 478 g/mol. The van der Waals surface area contributed by atoms with Gasteiger partial charge in [-0.2, -0.15) is 0 Å². The van der Waals surface area contributed by atoms with E-state index in [1.165, 1.54) is 121 Å². The van der Waals surface area contributed by atoms with Gasteiger partial charge < -0.3 is 0 Å². The van der Waals surface area contributed by atoms with Gasteiger partial charge in [-0.1, -0.05) is 24.8 Å². The van der Waals surface area contributed by atoms with Gasteiger partial charge in [0.15, 0.2) is 0 Å². The molecule has 1 aliphatic rings. The quantitative estimate of drug-likeness (QED) is 0.330. The summed E-state index contributed by atoms with van der Waals surface area (Å²) < 4.78 is 0. The Morgan fingerprint density at radius 2 is 0.667 bits per heavy atom. The first-order chi connectivity index (χ1) is 17.6. The molecule has 0 bridgehead atoms. The van der Waals surface area contributed by atoms with Crippen molar-refractivity contribution in [1.29, 1.82) is 0 Å². The standard InChI is InChI=1S/C35H47B/c1-28-20-12-8-4-5-9-14-22-30(3)33-25-18-19-26-34(33)35(36)27-15-11-7-6-10-13-21-29(2)32-24-17-16-23-31(28)32/h16-19,23-26,36H,1-15,20-22,27H2. The molecule has 0 aromatic heterocycles. The zero-order valence-corrected chi connectivity index (χ0v) is 22.8. The van der Waals surface area contributed by atoms with Crippen LogP contribution < -0.4 is 0 Å². The molecule has 3 rings (SSSR count). The summed E-state index contributed by atoms with van der Waals surface area (Å²) in [4.78, 5) is 0. The number of hydrogen-bond acceptors (Lipinski definition) is 0. The molecule has 0 atom stereocenters. The third-order valence-corrected chi connectivity index (χ3v) is 7.79. The second-order valence-corrected chi connectivity index (χ2v) is 10.7. The summed E-state index contributed by atoms with van der Waals surface area (Å²) in [5, 5.41) is 0. The molecule has 0 spiro atoms. The predicted octanol–water partition coefficient (Wildman–Crippen LogP) is 10.1.